The van der Waals surface area contributed by atoms with Crippen molar-refractivity contribution in [3.8, 4) is 0 Å². The average molecular weight is 445 g/mol. The molecule has 7 heteroatoms. The zero-order chi connectivity index (χ0) is 23.8. The fourth-order valence-corrected chi connectivity index (χ4v) is 3.12. The molecule has 0 saturated carbocycles. The van der Waals surface area contributed by atoms with Crippen LogP contribution in [-0.4, -0.2) is 53.6 Å². The molecular formula is C25H36N2O5. The van der Waals surface area contributed by atoms with Gasteiger partial charge in [-0.1, -0.05) is 42.5 Å². The molecule has 2 N–H and O–H groups in total. The van der Waals surface area contributed by atoms with Crippen LogP contribution in [0.5, 0.6) is 0 Å². The molecule has 1 aromatic carbocycles. The third kappa shape index (κ3) is 10.9. The first-order chi connectivity index (χ1) is 15.4. The second-order valence-corrected chi connectivity index (χ2v) is 7.72. The Morgan fingerprint density at radius 2 is 1.91 bits per heavy atom. The number of hydrogen-bond acceptors (Lipinski definition) is 5. The smallest absolute Gasteiger partial charge is 0.305 e. The molecule has 0 aliphatic heterocycles. The molecule has 32 heavy (non-hydrogen) atoms. The van der Waals surface area contributed by atoms with Gasteiger partial charge in [-0.2, -0.15) is 0 Å². The van der Waals surface area contributed by atoms with E-state index in [1.165, 1.54) is 0 Å². The minimum Gasteiger partial charge on any atom is -0.464 e. The van der Waals surface area contributed by atoms with Crippen molar-refractivity contribution in [2.45, 2.75) is 51.6 Å². The number of aliphatic hydroxyl groups excluding tert-OH is 1. The number of allylic oxidation sites excluding steroid dienone is 2. The Labute approximate surface area is 191 Å². The largest absolute Gasteiger partial charge is 0.464 e. The van der Waals surface area contributed by atoms with Gasteiger partial charge in [0.25, 0.3) is 0 Å². The van der Waals surface area contributed by atoms with E-state index in [0.29, 0.717) is 25.8 Å². The van der Waals surface area contributed by atoms with Crippen LogP contribution in [0.1, 0.15) is 44.6 Å². The summed E-state index contributed by atoms with van der Waals surface area (Å²) in [6.45, 7) is 9.51. The Kier molecular flexibility index (Phi) is 13.4. The zero-order valence-corrected chi connectivity index (χ0v) is 19.0. The van der Waals surface area contributed by atoms with Gasteiger partial charge in [0.05, 0.1) is 18.6 Å². The van der Waals surface area contributed by atoms with Gasteiger partial charge in [0.2, 0.25) is 11.8 Å². The zero-order valence-electron chi connectivity index (χ0n) is 19.0. The molecule has 1 rings (SSSR count). The summed E-state index contributed by atoms with van der Waals surface area (Å²) in [6, 6.07) is 9.10. The summed E-state index contributed by atoms with van der Waals surface area (Å²) in [5.41, 5.74) is 0.947. The van der Waals surface area contributed by atoms with E-state index in [2.05, 4.69) is 18.5 Å². The highest BCUT2D eigenvalue weighted by Crippen LogP contribution is 2.15. The molecule has 1 aromatic rings. The molecule has 0 aliphatic rings. The van der Waals surface area contributed by atoms with Crippen molar-refractivity contribution >= 4 is 17.8 Å². The maximum atomic E-state index is 12.9. The number of nitrogens with zero attached hydrogens (tertiary/aromatic N) is 1. The van der Waals surface area contributed by atoms with Crippen molar-refractivity contribution in [1.82, 2.24) is 10.2 Å². The molecule has 0 bridgehead atoms. The number of amides is 2. The maximum Gasteiger partial charge on any atom is 0.305 e. The van der Waals surface area contributed by atoms with Gasteiger partial charge in [0.1, 0.15) is 6.61 Å². The van der Waals surface area contributed by atoms with Crippen LogP contribution in [0.3, 0.4) is 0 Å². The third-order valence-electron chi connectivity index (χ3n) is 4.85. The van der Waals surface area contributed by atoms with Gasteiger partial charge in [0.15, 0.2) is 0 Å². The number of rotatable bonds is 16. The lowest BCUT2D eigenvalue weighted by molar-refractivity contribution is -0.145. The first-order valence-corrected chi connectivity index (χ1v) is 11.0. The molecule has 2 amide bonds. The van der Waals surface area contributed by atoms with Crippen LogP contribution in [0.4, 0.5) is 0 Å². The second-order valence-electron chi connectivity index (χ2n) is 7.72. The normalized spacial score (nSPS) is 12.3. The number of ether oxygens (including phenoxy) is 1. The van der Waals surface area contributed by atoms with E-state index < -0.39 is 5.92 Å². The third-order valence-corrected chi connectivity index (χ3v) is 4.85. The Morgan fingerprint density at radius 1 is 1.19 bits per heavy atom. The molecule has 176 valence electrons. The van der Waals surface area contributed by atoms with Crippen LogP contribution in [0, 0.1) is 5.92 Å². The highest BCUT2D eigenvalue weighted by Gasteiger charge is 2.25. The minimum absolute atomic E-state index is 0.00124. The molecular weight excluding hydrogens is 408 g/mol. The van der Waals surface area contributed by atoms with Crippen molar-refractivity contribution in [2.75, 3.05) is 19.8 Å². The predicted octanol–water partition coefficient (Wildman–Crippen LogP) is 2.99. The van der Waals surface area contributed by atoms with E-state index in [4.69, 9.17) is 4.74 Å². The van der Waals surface area contributed by atoms with E-state index in [9.17, 15) is 19.5 Å². The predicted molar refractivity (Wildman–Crippen MR) is 124 cm³/mol. The van der Waals surface area contributed by atoms with Gasteiger partial charge in [-0.3, -0.25) is 14.4 Å². The van der Waals surface area contributed by atoms with Gasteiger partial charge < -0.3 is 20.1 Å². The van der Waals surface area contributed by atoms with Crippen molar-refractivity contribution in [1.29, 1.82) is 0 Å². The number of benzene rings is 1. The van der Waals surface area contributed by atoms with Gasteiger partial charge in [-0.15, -0.1) is 13.2 Å². The summed E-state index contributed by atoms with van der Waals surface area (Å²) in [5, 5.41) is 12.2. The van der Waals surface area contributed by atoms with Gasteiger partial charge in [0, 0.05) is 25.9 Å². The second kappa shape index (κ2) is 15.8. The SMILES string of the molecule is C=CCCCC(=O)OC[C@H](C)NC(=O)[C@H](CC=C)CC(=O)N(CCO)Cc1ccccc1. The number of aliphatic hydroxyl groups is 1. The van der Waals surface area contributed by atoms with E-state index in [1.54, 1.807) is 24.0 Å². The Hall–Kier alpha value is -2.93. The van der Waals surface area contributed by atoms with Crippen LogP contribution in [0.2, 0.25) is 0 Å². The molecule has 0 fully saturated rings. The first kappa shape index (κ1) is 27.1. The number of carbonyl (C=O) groups is 3. The Morgan fingerprint density at radius 3 is 2.53 bits per heavy atom. The lowest BCUT2D eigenvalue weighted by atomic mass is 9.98. The van der Waals surface area contributed by atoms with Crippen LogP contribution in [0.15, 0.2) is 55.6 Å². The molecule has 0 heterocycles. The van der Waals surface area contributed by atoms with Crippen LogP contribution < -0.4 is 5.32 Å². The Balaban J connectivity index is 2.62. The first-order valence-electron chi connectivity index (χ1n) is 11.0. The number of hydrogen-bond donors (Lipinski definition) is 2. The fraction of sp³-hybridized carbons (Fsp3) is 0.480. The van der Waals surface area contributed by atoms with Crippen molar-refractivity contribution in [2.24, 2.45) is 5.92 Å². The van der Waals surface area contributed by atoms with Crippen LogP contribution >= 0.6 is 0 Å². The highest BCUT2D eigenvalue weighted by molar-refractivity contribution is 5.86. The molecule has 0 radical (unpaired) electrons. The van der Waals surface area contributed by atoms with Crippen molar-refractivity contribution < 1.29 is 24.2 Å². The summed E-state index contributed by atoms with van der Waals surface area (Å²) in [7, 11) is 0. The molecule has 0 aliphatic carbocycles. The van der Waals surface area contributed by atoms with E-state index in [1.807, 2.05) is 30.3 Å². The molecule has 2 atom stereocenters. The summed E-state index contributed by atoms with van der Waals surface area (Å²) in [4.78, 5) is 38.9. The number of esters is 1. The topological polar surface area (TPSA) is 95.9 Å². The number of unbranched alkanes of at least 4 members (excludes halogenated alkanes) is 1. The van der Waals surface area contributed by atoms with E-state index in [0.717, 1.165) is 12.0 Å². The lowest BCUT2D eigenvalue weighted by Crippen LogP contribution is -2.42. The monoisotopic (exact) mass is 444 g/mol. The summed E-state index contributed by atoms with van der Waals surface area (Å²) in [5.74, 6) is -1.42. The summed E-state index contributed by atoms with van der Waals surface area (Å²) in [6.07, 6.45) is 5.43. The molecule has 0 aromatic heterocycles. The highest BCUT2D eigenvalue weighted by atomic mass is 16.5. The molecule has 0 unspecified atom stereocenters. The molecule has 0 spiro atoms. The lowest BCUT2D eigenvalue weighted by Gasteiger charge is -2.25. The molecule has 7 nitrogen and oxygen atoms in total. The van der Waals surface area contributed by atoms with Crippen molar-refractivity contribution in [3.05, 3.63) is 61.2 Å². The van der Waals surface area contributed by atoms with E-state index in [-0.39, 0.29) is 50.0 Å². The van der Waals surface area contributed by atoms with E-state index >= 15 is 0 Å². The Bertz CT molecular complexity index is 735. The number of carbonyl (C=O) groups excluding carboxylic acids is 3. The minimum atomic E-state index is -0.595. The van der Waals surface area contributed by atoms with Crippen molar-refractivity contribution in [3.63, 3.8) is 0 Å². The number of nitrogens with one attached hydrogen (secondary N) is 1. The van der Waals surface area contributed by atoms with Crippen LogP contribution in [0.25, 0.3) is 0 Å². The summed E-state index contributed by atoms with van der Waals surface area (Å²) >= 11 is 0. The standard InChI is InChI=1S/C25H36N2O5/c1-4-6-8-14-24(30)32-19-20(3)26-25(31)22(11-5-2)17-23(29)27(15-16-28)18-21-12-9-7-10-13-21/h4-5,7,9-10,12-13,20,22,28H,1-2,6,8,11,14-19H2,3H3,(H,26,31)/t20-,22+/m0/s1. The maximum absolute atomic E-state index is 12.9. The van der Waals surface area contributed by atoms with Gasteiger partial charge in [-0.05, 0) is 31.7 Å². The summed E-state index contributed by atoms with van der Waals surface area (Å²) < 4.78 is 5.20. The quantitative estimate of drug-likeness (QED) is 0.232. The average Bonchev–Trinajstić information content (AvgIpc) is 2.78. The van der Waals surface area contributed by atoms with Gasteiger partial charge in [-0.25, -0.2) is 0 Å². The van der Waals surface area contributed by atoms with Crippen LogP contribution in [-0.2, 0) is 25.7 Å². The fourth-order valence-electron chi connectivity index (χ4n) is 3.12. The molecule has 0 saturated heterocycles. The van der Waals surface area contributed by atoms with Gasteiger partial charge >= 0.3 is 5.97 Å².